The van der Waals surface area contributed by atoms with E-state index in [9.17, 15) is 4.79 Å². The van der Waals surface area contributed by atoms with Gasteiger partial charge in [0.1, 0.15) is 5.75 Å². The number of para-hydroxylation sites is 1. The van der Waals surface area contributed by atoms with Crippen molar-refractivity contribution in [2.45, 2.75) is 6.54 Å². The van der Waals surface area contributed by atoms with Gasteiger partial charge < -0.3 is 9.64 Å². The number of carbonyl (C=O) groups excluding carboxylic acids is 1. The number of benzene rings is 4. The zero-order valence-electron chi connectivity index (χ0n) is 18.2. The van der Waals surface area contributed by atoms with E-state index in [-0.39, 0.29) is 5.91 Å². The topological polar surface area (TPSA) is 29.5 Å². The van der Waals surface area contributed by atoms with Crippen molar-refractivity contribution in [1.82, 2.24) is 0 Å². The van der Waals surface area contributed by atoms with Crippen LogP contribution in [0.15, 0.2) is 103 Å². The van der Waals surface area contributed by atoms with Crippen LogP contribution in [0.5, 0.6) is 5.75 Å². The van der Waals surface area contributed by atoms with Crippen molar-refractivity contribution in [3.63, 3.8) is 0 Å². The Bertz CT molecular complexity index is 1330. The molecule has 33 heavy (non-hydrogen) atoms. The zero-order valence-corrected chi connectivity index (χ0v) is 18.9. The van der Waals surface area contributed by atoms with Crippen LogP contribution in [0.1, 0.15) is 22.3 Å². The van der Waals surface area contributed by atoms with Gasteiger partial charge in [0, 0.05) is 16.2 Å². The molecule has 1 amide bonds. The molecule has 3 nitrogen and oxygen atoms in total. The quantitative estimate of drug-likeness (QED) is 0.310. The van der Waals surface area contributed by atoms with E-state index in [1.165, 1.54) is 0 Å². The summed E-state index contributed by atoms with van der Waals surface area (Å²) in [5.74, 6) is 0.780. The smallest absolute Gasteiger partial charge is 0.259 e. The first-order chi connectivity index (χ1) is 16.2. The third kappa shape index (κ3) is 4.04. The van der Waals surface area contributed by atoms with Crippen LogP contribution >= 0.6 is 11.6 Å². The minimum Gasteiger partial charge on any atom is -0.497 e. The number of amides is 1. The van der Waals surface area contributed by atoms with Gasteiger partial charge in [0.2, 0.25) is 0 Å². The van der Waals surface area contributed by atoms with Crippen molar-refractivity contribution in [3.05, 3.63) is 130 Å². The molecule has 4 heteroatoms. The summed E-state index contributed by atoms with van der Waals surface area (Å²) >= 11 is 6.17. The van der Waals surface area contributed by atoms with Gasteiger partial charge in [-0.05, 0) is 47.0 Å². The van der Waals surface area contributed by atoms with E-state index < -0.39 is 0 Å². The number of methoxy groups -OCH3 is 1. The highest BCUT2D eigenvalue weighted by atomic mass is 35.5. The molecule has 0 unspecified atom stereocenters. The van der Waals surface area contributed by atoms with E-state index in [2.05, 4.69) is 0 Å². The molecule has 0 bridgehead atoms. The van der Waals surface area contributed by atoms with Crippen LogP contribution in [0.3, 0.4) is 0 Å². The van der Waals surface area contributed by atoms with Gasteiger partial charge in [-0.2, -0.15) is 0 Å². The molecule has 0 saturated carbocycles. The summed E-state index contributed by atoms with van der Waals surface area (Å²) < 4.78 is 5.27. The lowest BCUT2D eigenvalue weighted by molar-refractivity contribution is -0.113. The molecule has 5 rings (SSSR count). The lowest BCUT2D eigenvalue weighted by Gasteiger charge is -2.18. The van der Waals surface area contributed by atoms with Gasteiger partial charge in [0.05, 0.1) is 24.9 Å². The molecular weight excluding hydrogens is 430 g/mol. The molecule has 0 atom stereocenters. The van der Waals surface area contributed by atoms with Crippen LogP contribution < -0.4 is 9.64 Å². The molecule has 0 aliphatic carbocycles. The minimum absolute atomic E-state index is 0.0131. The van der Waals surface area contributed by atoms with Crippen LogP contribution in [-0.2, 0) is 11.3 Å². The third-order valence-corrected chi connectivity index (χ3v) is 6.12. The minimum atomic E-state index is -0.0131. The normalized spacial score (nSPS) is 14.2. The van der Waals surface area contributed by atoms with Gasteiger partial charge in [-0.1, -0.05) is 84.4 Å². The summed E-state index contributed by atoms with van der Waals surface area (Å²) in [4.78, 5) is 15.8. The van der Waals surface area contributed by atoms with Gasteiger partial charge in [-0.3, -0.25) is 4.79 Å². The highest BCUT2D eigenvalue weighted by molar-refractivity contribution is 6.39. The first-order valence-electron chi connectivity index (χ1n) is 10.8. The Kier molecular flexibility index (Phi) is 5.72. The molecule has 0 fully saturated rings. The van der Waals surface area contributed by atoms with Gasteiger partial charge >= 0.3 is 0 Å². The zero-order chi connectivity index (χ0) is 22.8. The molecule has 0 saturated heterocycles. The maximum atomic E-state index is 14.0. The van der Waals surface area contributed by atoms with Gasteiger partial charge in [-0.25, -0.2) is 0 Å². The molecular formula is C29H22ClNO2. The highest BCUT2D eigenvalue weighted by Gasteiger charge is 2.35. The molecule has 1 heterocycles. The Labute approximate surface area is 198 Å². The summed E-state index contributed by atoms with van der Waals surface area (Å²) in [7, 11) is 1.65. The summed E-state index contributed by atoms with van der Waals surface area (Å²) in [6.07, 6.45) is 0. The van der Waals surface area contributed by atoms with E-state index in [1.54, 1.807) is 7.11 Å². The molecule has 0 spiro atoms. The number of ether oxygens (including phenoxy) is 1. The summed E-state index contributed by atoms with van der Waals surface area (Å²) in [5.41, 5.74) is 6.43. The SMILES string of the molecule is COc1ccc(CN2C(=O)C(=C(c3ccccc3)c3ccc(Cl)cc3)c3ccccc32)cc1. The summed E-state index contributed by atoms with van der Waals surface area (Å²) in [6.45, 7) is 0.478. The molecule has 1 aliphatic rings. The second-order valence-electron chi connectivity index (χ2n) is 7.88. The Morgan fingerprint density at radius 1 is 0.788 bits per heavy atom. The number of halogens is 1. The van der Waals surface area contributed by atoms with E-state index in [0.29, 0.717) is 17.1 Å². The van der Waals surface area contributed by atoms with Crippen molar-refractivity contribution in [1.29, 1.82) is 0 Å². The number of hydrogen-bond donors (Lipinski definition) is 0. The molecule has 162 valence electrons. The van der Waals surface area contributed by atoms with Crippen LogP contribution in [0.2, 0.25) is 5.02 Å². The van der Waals surface area contributed by atoms with E-state index in [4.69, 9.17) is 16.3 Å². The predicted octanol–water partition coefficient (Wildman–Crippen LogP) is 6.85. The first kappa shape index (κ1) is 21.0. The fourth-order valence-electron chi connectivity index (χ4n) is 4.27. The summed E-state index contributed by atoms with van der Waals surface area (Å²) in [6, 6.07) is 33.5. The van der Waals surface area contributed by atoms with Gasteiger partial charge in [0.15, 0.2) is 0 Å². The van der Waals surface area contributed by atoms with E-state index >= 15 is 0 Å². The number of rotatable bonds is 5. The highest BCUT2D eigenvalue weighted by Crippen LogP contribution is 2.43. The number of fused-ring (bicyclic) bond motifs is 1. The van der Waals surface area contributed by atoms with E-state index in [1.807, 2.05) is 108 Å². The lowest BCUT2D eigenvalue weighted by Crippen LogP contribution is -2.26. The molecule has 0 radical (unpaired) electrons. The number of nitrogens with zero attached hydrogens (tertiary/aromatic N) is 1. The average molecular weight is 452 g/mol. The first-order valence-corrected chi connectivity index (χ1v) is 11.1. The maximum absolute atomic E-state index is 14.0. The van der Waals surface area contributed by atoms with E-state index in [0.717, 1.165) is 39.3 Å². The Morgan fingerprint density at radius 3 is 2.12 bits per heavy atom. The average Bonchev–Trinajstić information content (AvgIpc) is 3.13. The van der Waals surface area contributed by atoms with Gasteiger partial charge in [-0.15, -0.1) is 0 Å². The Hall–Kier alpha value is -3.82. The second kappa shape index (κ2) is 8.97. The van der Waals surface area contributed by atoms with Crippen LogP contribution in [0.4, 0.5) is 5.69 Å². The number of carbonyl (C=O) groups is 1. The van der Waals surface area contributed by atoms with Crippen LogP contribution in [0.25, 0.3) is 11.1 Å². The Balaban J connectivity index is 1.68. The van der Waals surface area contributed by atoms with Crippen molar-refractivity contribution in [3.8, 4) is 5.75 Å². The second-order valence-corrected chi connectivity index (χ2v) is 8.32. The molecule has 1 aliphatic heterocycles. The van der Waals surface area contributed by atoms with Crippen molar-refractivity contribution < 1.29 is 9.53 Å². The maximum Gasteiger partial charge on any atom is 0.259 e. The fourth-order valence-corrected chi connectivity index (χ4v) is 4.39. The predicted molar refractivity (Wildman–Crippen MR) is 134 cm³/mol. The largest absolute Gasteiger partial charge is 0.497 e. The monoisotopic (exact) mass is 451 g/mol. The number of hydrogen-bond acceptors (Lipinski definition) is 2. The fraction of sp³-hybridized carbons (Fsp3) is 0.0690. The molecule has 4 aromatic carbocycles. The van der Waals surface area contributed by atoms with Crippen LogP contribution in [0, 0.1) is 0 Å². The van der Waals surface area contributed by atoms with Crippen molar-refractivity contribution in [2.24, 2.45) is 0 Å². The van der Waals surface area contributed by atoms with Crippen molar-refractivity contribution in [2.75, 3.05) is 12.0 Å². The molecule has 0 aromatic heterocycles. The molecule has 0 N–H and O–H groups in total. The van der Waals surface area contributed by atoms with Crippen molar-refractivity contribution >= 4 is 34.3 Å². The summed E-state index contributed by atoms with van der Waals surface area (Å²) in [5, 5.41) is 0.662. The van der Waals surface area contributed by atoms with Crippen LogP contribution in [-0.4, -0.2) is 13.0 Å². The number of anilines is 1. The Morgan fingerprint density at radius 2 is 1.42 bits per heavy atom. The third-order valence-electron chi connectivity index (χ3n) is 5.87. The standard InChI is InChI=1S/C29H22ClNO2/c1-33-24-17-11-20(12-18-24)19-31-26-10-6-5-9-25(26)28(29(31)32)27(21-7-3-2-4-8-21)22-13-15-23(30)16-14-22/h2-18H,19H2,1H3. The lowest BCUT2D eigenvalue weighted by atomic mass is 9.90. The molecule has 4 aromatic rings. The van der Waals surface area contributed by atoms with Gasteiger partial charge in [0.25, 0.3) is 5.91 Å².